The zero-order chi connectivity index (χ0) is 14.5. The summed E-state index contributed by atoms with van der Waals surface area (Å²) in [6.07, 6.45) is 3.74. The van der Waals surface area contributed by atoms with E-state index in [9.17, 15) is 4.39 Å². The number of halogens is 1. The van der Waals surface area contributed by atoms with Gasteiger partial charge in [-0.3, -0.25) is 0 Å². The topological polar surface area (TPSA) is 29.9 Å². The van der Waals surface area contributed by atoms with Gasteiger partial charge in [0, 0.05) is 23.8 Å². The lowest BCUT2D eigenvalue weighted by molar-refractivity contribution is 0.582. The van der Waals surface area contributed by atoms with E-state index in [1.165, 1.54) is 6.07 Å². The maximum atomic E-state index is 13.9. The Balaban J connectivity index is 2.36. The number of para-hydroxylation sites is 1. The molecular formula is C16H22FN3. The summed E-state index contributed by atoms with van der Waals surface area (Å²) in [4.78, 5) is 0. The normalized spacial score (nSPS) is 11.2. The summed E-state index contributed by atoms with van der Waals surface area (Å²) in [6, 6.07) is 7.19. The second kappa shape index (κ2) is 6.66. The summed E-state index contributed by atoms with van der Waals surface area (Å²) in [5.74, 6) is -0.240. The van der Waals surface area contributed by atoms with Gasteiger partial charge in [-0.15, -0.1) is 0 Å². The van der Waals surface area contributed by atoms with Crippen LogP contribution >= 0.6 is 0 Å². The van der Waals surface area contributed by atoms with Gasteiger partial charge in [0.15, 0.2) is 0 Å². The van der Waals surface area contributed by atoms with E-state index in [0.29, 0.717) is 11.7 Å². The van der Waals surface area contributed by atoms with Crippen LogP contribution in [0.2, 0.25) is 0 Å². The first-order chi connectivity index (χ1) is 9.63. The fourth-order valence-electron chi connectivity index (χ4n) is 2.20. The SMILES string of the molecule is CCCc1c(CNC(C)C)cnn1-c1ccccc1F. The molecule has 4 heteroatoms. The van der Waals surface area contributed by atoms with Crippen LogP contribution in [-0.2, 0) is 13.0 Å². The Morgan fingerprint density at radius 2 is 2.05 bits per heavy atom. The van der Waals surface area contributed by atoms with E-state index in [4.69, 9.17) is 0 Å². The van der Waals surface area contributed by atoms with E-state index < -0.39 is 0 Å². The smallest absolute Gasteiger partial charge is 0.148 e. The highest BCUT2D eigenvalue weighted by atomic mass is 19.1. The zero-order valence-electron chi connectivity index (χ0n) is 12.4. The minimum absolute atomic E-state index is 0.240. The Labute approximate surface area is 119 Å². The maximum absolute atomic E-state index is 13.9. The second-order valence-electron chi connectivity index (χ2n) is 5.27. The minimum Gasteiger partial charge on any atom is -0.310 e. The van der Waals surface area contributed by atoms with Gasteiger partial charge in [0.05, 0.1) is 6.20 Å². The summed E-state index contributed by atoms with van der Waals surface area (Å²) < 4.78 is 15.7. The van der Waals surface area contributed by atoms with Crippen molar-refractivity contribution in [1.82, 2.24) is 15.1 Å². The third-order valence-corrected chi connectivity index (χ3v) is 3.22. The van der Waals surface area contributed by atoms with Crippen molar-refractivity contribution < 1.29 is 4.39 Å². The summed E-state index contributed by atoms with van der Waals surface area (Å²) in [7, 11) is 0. The third kappa shape index (κ3) is 3.25. The molecule has 0 bridgehead atoms. The molecule has 0 aliphatic heterocycles. The Morgan fingerprint density at radius 1 is 1.30 bits per heavy atom. The Hall–Kier alpha value is -1.68. The molecule has 2 aromatic rings. The van der Waals surface area contributed by atoms with Crippen LogP contribution < -0.4 is 5.32 Å². The Kier molecular flexibility index (Phi) is 4.90. The number of hydrogen-bond acceptors (Lipinski definition) is 2. The van der Waals surface area contributed by atoms with Crippen molar-refractivity contribution >= 4 is 0 Å². The first kappa shape index (κ1) is 14.7. The molecule has 0 fully saturated rings. The van der Waals surface area contributed by atoms with Crippen LogP contribution in [0.3, 0.4) is 0 Å². The number of rotatable bonds is 6. The van der Waals surface area contributed by atoms with Gasteiger partial charge in [0.2, 0.25) is 0 Å². The van der Waals surface area contributed by atoms with E-state index in [1.54, 1.807) is 16.8 Å². The molecule has 0 atom stereocenters. The molecule has 0 amide bonds. The summed E-state index contributed by atoms with van der Waals surface area (Å²) in [6.45, 7) is 7.11. The summed E-state index contributed by atoms with van der Waals surface area (Å²) in [5.41, 5.74) is 2.75. The highest BCUT2D eigenvalue weighted by Gasteiger charge is 2.14. The number of aromatic nitrogens is 2. The molecule has 0 unspecified atom stereocenters. The second-order valence-corrected chi connectivity index (χ2v) is 5.27. The van der Waals surface area contributed by atoms with Gasteiger partial charge < -0.3 is 5.32 Å². The lowest BCUT2D eigenvalue weighted by Gasteiger charge is -2.11. The lowest BCUT2D eigenvalue weighted by atomic mass is 10.1. The number of nitrogens with zero attached hydrogens (tertiary/aromatic N) is 2. The average molecular weight is 275 g/mol. The van der Waals surface area contributed by atoms with Crippen molar-refractivity contribution in [1.29, 1.82) is 0 Å². The predicted molar refractivity (Wildman–Crippen MR) is 79.5 cm³/mol. The van der Waals surface area contributed by atoms with Crippen molar-refractivity contribution in [3.8, 4) is 5.69 Å². The van der Waals surface area contributed by atoms with Crippen LogP contribution in [0.5, 0.6) is 0 Å². The third-order valence-electron chi connectivity index (χ3n) is 3.22. The van der Waals surface area contributed by atoms with Gasteiger partial charge in [-0.2, -0.15) is 5.10 Å². The van der Waals surface area contributed by atoms with Crippen molar-refractivity contribution in [3.05, 3.63) is 47.5 Å². The van der Waals surface area contributed by atoms with Crippen molar-refractivity contribution in [3.63, 3.8) is 0 Å². The standard InChI is InChI=1S/C16H22FN3/c1-4-7-15-13(10-18-12(2)3)11-19-20(15)16-9-6-5-8-14(16)17/h5-6,8-9,11-12,18H,4,7,10H2,1-3H3. The molecular weight excluding hydrogens is 253 g/mol. The van der Waals surface area contributed by atoms with E-state index in [0.717, 1.165) is 30.6 Å². The van der Waals surface area contributed by atoms with Gasteiger partial charge in [0.25, 0.3) is 0 Å². The van der Waals surface area contributed by atoms with Gasteiger partial charge >= 0.3 is 0 Å². The van der Waals surface area contributed by atoms with Crippen molar-refractivity contribution in [2.75, 3.05) is 0 Å². The number of nitrogens with one attached hydrogen (secondary N) is 1. The van der Waals surface area contributed by atoms with E-state index in [2.05, 4.69) is 31.2 Å². The highest BCUT2D eigenvalue weighted by molar-refractivity contribution is 5.36. The molecule has 1 N–H and O–H groups in total. The Bertz CT molecular complexity index is 561. The maximum Gasteiger partial charge on any atom is 0.148 e. The number of hydrogen-bond donors (Lipinski definition) is 1. The molecule has 0 spiro atoms. The van der Waals surface area contributed by atoms with Crippen molar-refractivity contribution in [2.45, 2.75) is 46.2 Å². The van der Waals surface area contributed by atoms with Crippen LogP contribution in [-0.4, -0.2) is 15.8 Å². The molecule has 1 aromatic heterocycles. The molecule has 0 aliphatic rings. The number of benzene rings is 1. The minimum atomic E-state index is -0.240. The van der Waals surface area contributed by atoms with Crippen LogP contribution in [0, 0.1) is 5.82 Å². The summed E-state index contributed by atoms with van der Waals surface area (Å²) in [5, 5.41) is 7.77. The molecule has 20 heavy (non-hydrogen) atoms. The van der Waals surface area contributed by atoms with E-state index in [-0.39, 0.29) is 5.82 Å². The zero-order valence-corrected chi connectivity index (χ0v) is 12.4. The molecule has 1 heterocycles. The van der Waals surface area contributed by atoms with Gasteiger partial charge in [-0.1, -0.05) is 39.3 Å². The molecule has 108 valence electrons. The van der Waals surface area contributed by atoms with Crippen LogP contribution in [0.25, 0.3) is 5.69 Å². The molecule has 3 nitrogen and oxygen atoms in total. The quantitative estimate of drug-likeness (QED) is 0.875. The van der Waals surface area contributed by atoms with Crippen LogP contribution in [0.4, 0.5) is 4.39 Å². The largest absolute Gasteiger partial charge is 0.310 e. The molecule has 1 aromatic carbocycles. The lowest BCUT2D eigenvalue weighted by Crippen LogP contribution is -2.22. The average Bonchev–Trinajstić information content (AvgIpc) is 2.80. The molecule has 0 saturated carbocycles. The molecule has 2 rings (SSSR count). The summed E-state index contributed by atoms with van der Waals surface area (Å²) >= 11 is 0. The molecule has 0 saturated heterocycles. The van der Waals surface area contributed by atoms with Gasteiger partial charge in [0.1, 0.15) is 11.5 Å². The fourth-order valence-corrected chi connectivity index (χ4v) is 2.20. The van der Waals surface area contributed by atoms with Crippen LogP contribution in [0.15, 0.2) is 30.5 Å². The van der Waals surface area contributed by atoms with Gasteiger partial charge in [-0.05, 0) is 18.6 Å². The highest BCUT2D eigenvalue weighted by Crippen LogP contribution is 2.19. The first-order valence-corrected chi connectivity index (χ1v) is 7.17. The van der Waals surface area contributed by atoms with E-state index >= 15 is 0 Å². The van der Waals surface area contributed by atoms with E-state index in [1.807, 2.05) is 12.3 Å². The monoisotopic (exact) mass is 275 g/mol. The molecule has 0 radical (unpaired) electrons. The fraction of sp³-hybridized carbons (Fsp3) is 0.438. The first-order valence-electron chi connectivity index (χ1n) is 7.17. The van der Waals surface area contributed by atoms with Crippen molar-refractivity contribution in [2.24, 2.45) is 0 Å². The predicted octanol–water partition coefficient (Wildman–Crippen LogP) is 3.46. The molecule has 0 aliphatic carbocycles. The van der Waals surface area contributed by atoms with Gasteiger partial charge in [-0.25, -0.2) is 9.07 Å². The van der Waals surface area contributed by atoms with Crippen LogP contribution in [0.1, 0.15) is 38.4 Å². The Morgan fingerprint density at radius 3 is 2.70 bits per heavy atom.